The molecule has 0 N–H and O–H groups in total. The normalized spacial score (nSPS) is 25.0. The first kappa shape index (κ1) is 10.3. The van der Waals surface area contributed by atoms with Crippen LogP contribution in [0.5, 0.6) is 0 Å². The van der Waals surface area contributed by atoms with E-state index in [1.807, 2.05) is 12.5 Å². The standard InChI is InChI=1S/C15H16N2O/c1-2-10-4-14(16-6-11(10)3-1)15-5-12-8-18-9-13(12)7-17-15/h4,6,8,13H,1-3,5,7,9H2. The van der Waals surface area contributed by atoms with E-state index in [1.165, 1.54) is 36.0 Å². The van der Waals surface area contributed by atoms with E-state index in [9.17, 15) is 0 Å². The quantitative estimate of drug-likeness (QED) is 0.755. The minimum atomic E-state index is 0.517. The molecule has 1 atom stereocenters. The first-order valence-corrected chi connectivity index (χ1v) is 6.72. The summed E-state index contributed by atoms with van der Waals surface area (Å²) in [7, 11) is 0. The van der Waals surface area contributed by atoms with E-state index in [2.05, 4.69) is 11.1 Å². The third-order valence-electron chi connectivity index (χ3n) is 4.20. The predicted octanol–water partition coefficient (Wildman–Crippen LogP) is 2.29. The fourth-order valence-corrected chi connectivity index (χ4v) is 3.08. The molecule has 0 fully saturated rings. The maximum absolute atomic E-state index is 5.39. The van der Waals surface area contributed by atoms with E-state index >= 15 is 0 Å². The molecule has 18 heavy (non-hydrogen) atoms. The van der Waals surface area contributed by atoms with Gasteiger partial charge in [-0.2, -0.15) is 0 Å². The number of hydrogen-bond acceptors (Lipinski definition) is 3. The van der Waals surface area contributed by atoms with Crippen molar-refractivity contribution in [1.29, 1.82) is 0 Å². The number of ether oxygens (including phenoxy) is 1. The summed E-state index contributed by atoms with van der Waals surface area (Å²) in [5, 5.41) is 0. The summed E-state index contributed by atoms with van der Waals surface area (Å²) >= 11 is 0. The van der Waals surface area contributed by atoms with E-state index in [4.69, 9.17) is 9.73 Å². The van der Waals surface area contributed by atoms with E-state index in [1.54, 1.807) is 0 Å². The number of aliphatic imine (C=N–C) groups is 1. The molecule has 3 heteroatoms. The minimum absolute atomic E-state index is 0.517. The van der Waals surface area contributed by atoms with Crippen molar-refractivity contribution in [2.75, 3.05) is 13.2 Å². The molecule has 2 aliphatic heterocycles. The number of aryl methyl sites for hydroxylation is 2. The van der Waals surface area contributed by atoms with Crippen molar-refractivity contribution in [3.63, 3.8) is 0 Å². The van der Waals surface area contributed by atoms with Crippen LogP contribution in [0.1, 0.15) is 29.7 Å². The van der Waals surface area contributed by atoms with Crippen LogP contribution in [0.4, 0.5) is 0 Å². The predicted molar refractivity (Wildman–Crippen MR) is 69.8 cm³/mol. The largest absolute Gasteiger partial charge is 0.501 e. The van der Waals surface area contributed by atoms with Gasteiger partial charge in [-0.15, -0.1) is 0 Å². The van der Waals surface area contributed by atoms with Crippen LogP contribution < -0.4 is 0 Å². The van der Waals surface area contributed by atoms with Gasteiger partial charge in [0, 0.05) is 25.1 Å². The highest BCUT2D eigenvalue weighted by Crippen LogP contribution is 2.29. The third kappa shape index (κ3) is 1.57. The zero-order valence-corrected chi connectivity index (χ0v) is 10.4. The second-order valence-electron chi connectivity index (χ2n) is 5.38. The van der Waals surface area contributed by atoms with Gasteiger partial charge in [-0.3, -0.25) is 9.98 Å². The summed E-state index contributed by atoms with van der Waals surface area (Å²) < 4.78 is 5.39. The van der Waals surface area contributed by atoms with Crippen LogP contribution in [0.2, 0.25) is 0 Å². The fourth-order valence-electron chi connectivity index (χ4n) is 3.08. The zero-order valence-electron chi connectivity index (χ0n) is 10.4. The Bertz CT molecular complexity index is 560. The number of hydrogen-bond donors (Lipinski definition) is 0. The van der Waals surface area contributed by atoms with Crippen LogP contribution >= 0.6 is 0 Å². The minimum Gasteiger partial charge on any atom is -0.501 e. The number of fused-ring (bicyclic) bond motifs is 2. The lowest BCUT2D eigenvalue weighted by Gasteiger charge is -2.18. The Kier molecular flexibility index (Phi) is 2.25. The highest BCUT2D eigenvalue weighted by atomic mass is 16.5. The first-order valence-electron chi connectivity index (χ1n) is 6.72. The molecule has 0 aromatic carbocycles. The maximum atomic E-state index is 5.39. The van der Waals surface area contributed by atoms with Crippen LogP contribution in [-0.4, -0.2) is 23.8 Å². The molecule has 1 unspecified atom stereocenters. The van der Waals surface area contributed by atoms with Crippen molar-refractivity contribution in [2.45, 2.75) is 25.7 Å². The van der Waals surface area contributed by atoms with Gasteiger partial charge in [-0.25, -0.2) is 0 Å². The zero-order chi connectivity index (χ0) is 11.9. The average Bonchev–Trinajstić information content (AvgIpc) is 3.05. The topological polar surface area (TPSA) is 34.5 Å². The van der Waals surface area contributed by atoms with Crippen molar-refractivity contribution in [3.05, 3.63) is 40.9 Å². The summed E-state index contributed by atoms with van der Waals surface area (Å²) in [4.78, 5) is 9.29. The molecule has 3 aliphatic rings. The Morgan fingerprint density at radius 1 is 1.22 bits per heavy atom. The molecule has 0 bridgehead atoms. The van der Waals surface area contributed by atoms with Crippen LogP contribution in [0.25, 0.3) is 0 Å². The Hall–Kier alpha value is -1.64. The van der Waals surface area contributed by atoms with Crippen molar-refractivity contribution in [3.8, 4) is 0 Å². The van der Waals surface area contributed by atoms with Gasteiger partial charge in [0.2, 0.25) is 0 Å². The second kappa shape index (κ2) is 3.94. The summed E-state index contributed by atoms with van der Waals surface area (Å²) in [5.74, 6) is 0.517. The molecular weight excluding hydrogens is 224 g/mol. The summed E-state index contributed by atoms with van der Waals surface area (Å²) in [6.45, 7) is 1.67. The van der Waals surface area contributed by atoms with Crippen LogP contribution in [0.3, 0.4) is 0 Å². The lowest BCUT2D eigenvalue weighted by atomic mass is 9.92. The monoisotopic (exact) mass is 240 g/mol. The fraction of sp³-hybridized carbons (Fsp3) is 0.467. The SMILES string of the molecule is C1=C2CC(c3cc4c(cn3)CCC4)=NCC2CO1. The second-order valence-corrected chi connectivity index (χ2v) is 5.38. The smallest absolute Gasteiger partial charge is 0.0957 e. The average molecular weight is 240 g/mol. The van der Waals surface area contributed by atoms with Crippen molar-refractivity contribution >= 4 is 5.71 Å². The van der Waals surface area contributed by atoms with E-state index < -0.39 is 0 Å². The summed E-state index contributed by atoms with van der Waals surface area (Å²) in [6, 6.07) is 2.25. The highest BCUT2D eigenvalue weighted by molar-refractivity contribution is 6.01. The van der Waals surface area contributed by atoms with Gasteiger partial charge in [0.1, 0.15) is 0 Å². The Morgan fingerprint density at radius 3 is 3.17 bits per heavy atom. The Balaban J connectivity index is 1.67. The third-order valence-corrected chi connectivity index (χ3v) is 4.20. The van der Waals surface area contributed by atoms with E-state index in [0.29, 0.717) is 5.92 Å². The van der Waals surface area contributed by atoms with Gasteiger partial charge in [0.05, 0.1) is 24.3 Å². The molecule has 0 spiro atoms. The van der Waals surface area contributed by atoms with Crippen molar-refractivity contribution < 1.29 is 4.74 Å². The Morgan fingerprint density at radius 2 is 2.17 bits per heavy atom. The molecule has 92 valence electrons. The lowest BCUT2D eigenvalue weighted by Crippen LogP contribution is -2.20. The van der Waals surface area contributed by atoms with Gasteiger partial charge in [-0.1, -0.05) is 0 Å². The molecule has 4 rings (SSSR count). The number of rotatable bonds is 1. The first-order chi connectivity index (χ1) is 8.90. The van der Waals surface area contributed by atoms with Gasteiger partial charge in [-0.05, 0) is 42.0 Å². The molecule has 0 amide bonds. The molecule has 3 heterocycles. The summed E-state index contributed by atoms with van der Waals surface area (Å²) in [6.07, 6.45) is 8.55. The molecule has 0 saturated carbocycles. The van der Waals surface area contributed by atoms with E-state index in [0.717, 1.165) is 31.0 Å². The van der Waals surface area contributed by atoms with Gasteiger partial charge in [0.25, 0.3) is 0 Å². The van der Waals surface area contributed by atoms with Crippen LogP contribution in [0, 0.1) is 5.92 Å². The lowest BCUT2D eigenvalue weighted by molar-refractivity contribution is 0.250. The highest BCUT2D eigenvalue weighted by Gasteiger charge is 2.27. The number of aromatic nitrogens is 1. The van der Waals surface area contributed by atoms with Crippen molar-refractivity contribution in [1.82, 2.24) is 4.98 Å². The summed E-state index contributed by atoms with van der Waals surface area (Å²) in [5.41, 5.74) is 6.50. The molecule has 0 saturated heterocycles. The van der Waals surface area contributed by atoms with Gasteiger partial charge in [0.15, 0.2) is 0 Å². The number of pyridine rings is 1. The molecule has 1 aromatic heterocycles. The van der Waals surface area contributed by atoms with Crippen LogP contribution in [-0.2, 0) is 17.6 Å². The number of nitrogens with zero attached hydrogens (tertiary/aromatic N) is 2. The van der Waals surface area contributed by atoms with E-state index in [-0.39, 0.29) is 0 Å². The maximum Gasteiger partial charge on any atom is 0.0957 e. The Labute approximate surface area is 107 Å². The van der Waals surface area contributed by atoms with Gasteiger partial charge >= 0.3 is 0 Å². The van der Waals surface area contributed by atoms with Crippen LogP contribution in [0.15, 0.2) is 29.1 Å². The molecule has 1 aromatic rings. The molecule has 1 aliphatic carbocycles. The molecule has 3 nitrogen and oxygen atoms in total. The van der Waals surface area contributed by atoms with Gasteiger partial charge < -0.3 is 4.74 Å². The molecular formula is C15H16N2O. The van der Waals surface area contributed by atoms with Crippen molar-refractivity contribution in [2.24, 2.45) is 10.9 Å². The molecule has 0 radical (unpaired) electrons.